The van der Waals surface area contributed by atoms with Crippen LogP contribution in [0.5, 0.6) is 0 Å². The van der Waals surface area contributed by atoms with Crippen molar-refractivity contribution in [3.05, 3.63) is 0 Å². The number of Topliss-reactive ketones (excluding diaryl/α,β-unsaturated/α-hetero) is 1. The molecule has 2 nitrogen and oxygen atoms in total. The summed E-state index contributed by atoms with van der Waals surface area (Å²) in [6.45, 7) is 0. The molecular weight excluding hydrogens is 152 g/mol. The van der Waals surface area contributed by atoms with Gasteiger partial charge in [0.05, 0.1) is 6.10 Å². The molecule has 0 radical (unpaired) electrons. The van der Waals surface area contributed by atoms with Gasteiger partial charge >= 0.3 is 0 Å². The van der Waals surface area contributed by atoms with Crippen molar-refractivity contribution in [3.8, 4) is 0 Å². The maximum Gasteiger partial charge on any atom is 0.141 e. The second kappa shape index (κ2) is 2.11. The predicted molar refractivity (Wildman–Crippen MR) is 43.4 cm³/mol. The van der Waals surface area contributed by atoms with E-state index in [0.717, 1.165) is 25.2 Å². The minimum atomic E-state index is -0.287. The molecule has 0 aromatic rings. The highest BCUT2D eigenvalue weighted by atomic mass is 16.3. The molecule has 4 aliphatic carbocycles. The zero-order valence-electron chi connectivity index (χ0n) is 7.07. The van der Waals surface area contributed by atoms with E-state index in [0.29, 0.717) is 17.6 Å². The highest BCUT2D eigenvalue weighted by Gasteiger charge is 2.52. The monoisotopic (exact) mass is 166 g/mol. The summed E-state index contributed by atoms with van der Waals surface area (Å²) in [6.07, 6.45) is 3.98. The van der Waals surface area contributed by atoms with Crippen molar-refractivity contribution in [2.45, 2.75) is 31.8 Å². The molecular formula is C10H14O2. The molecule has 0 aromatic heterocycles. The Morgan fingerprint density at radius 1 is 1.17 bits per heavy atom. The van der Waals surface area contributed by atoms with Crippen LogP contribution in [0.2, 0.25) is 0 Å². The van der Waals surface area contributed by atoms with Crippen LogP contribution in [0.25, 0.3) is 0 Å². The Morgan fingerprint density at radius 3 is 2.83 bits per heavy atom. The fourth-order valence-corrected chi connectivity index (χ4v) is 3.60. The number of aliphatic hydroxyl groups excluding tert-OH is 1. The number of ketones is 1. The Morgan fingerprint density at radius 2 is 2.00 bits per heavy atom. The van der Waals surface area contributed by atoms with Crippen molar-refractivity contribution in [1.29, 1.82) is 0 Å². The van der Waals surface area contributed by atoms with E-state index in [-0.39, 0.29) is 12.0 Å². The molecule has 0 spiro atoms. The van der Waals surface area contributed by atoms with E-state index in [9.17, 15) is 9.90 Å². The lowest BCUT2D eigenvalue weighted by Gasteiger charge is -2.51. The van der Waals surface area contributed by atoms with E-state index in [2.05, 4.69) is 0 Å². The molecule has 4 bridgehead atoms. The number of carbonyl (C=O) groups excluding carboxylic acids is 1. The van der Waals surface area contributed by atoms with E-state index < -0.39 is 0 Å². The number of rotatable bonds is 0. The first-order valence-corrected chi connectivity index (χ1v) is 4.97. The molecule has 1 unspecified atom stereocenters. The van der Waals surface area contributed by atoms with Gasteiger partial charge in [0, 0.05) is 11.8 Å². The molecule has 12 heavy (non-hydrogen) atoms. The summed E-state index contributed by atoms with van der Waals surface area (Å²) in [5.41, 5.74) is 0. The van der Waals surface area contributed by atoms with Crippen LogP contribution >= 0.6 is 0 Å². The van der Waals surface area contributed by atoms with Gasteiger partial charge in [-0.3, -0.25) is 4.79 Å². The molecule has 4 saturated carbocycles. The third kappa shape index (κ3) is 0.717. The van der Waals surface area contributed by atoms with Crippen molar-refractivity contribution in [2.24, 2.45) is 23.7 Å². The van der Waals surface area contributed by atoms with Crippen LogP contribution in [0.3, 0.4) is 0 Å². The molecule has 0 saturated heterocycles. The molecule has 4 aliphatic rings. The van der Waals surface area contributed by atoms with Crippen LogP contribution in [-0.2, 0) is 4.79 Å². The lowest BCUT2D eigenvalue weighted by atomic mass is 9.54. The molecule has 4 rings (SSSR count). The van der Waals surface area contributed by atoms with Crippen molar-refractivity contribution < 1.29 is 9.90 Å². The van der Waals surface area contributed by atoms with Gasteiger partial charge in [-0.25, -0.2) is 0 Å². The van der Waals surface area contributed by atoms with E-state index in [1.165, 1.54) is 6.42 Å². The Hall–Kier alpha value is -0.370. The zero-order chi connectivity index (χ0) is 8.29. The summed E-state index contributed by atoms with van der Waals surface area (Å²) in [5, 5.41) is 9.78. The molecule has 0 aromatic carbocycles. The quantitative estimate of drug-likeness (QED) is 0.582. The van der Waals surface area contributed by atoms with Gasteiger partial charge in [0.25, 0.3) is 0 Å². The van der Waals surface area contributed by atoms with Gasteiger partial charge < -0.3 is 5.11 Å². The third-order valence-electron chi connectivity index (χ3n) is 4.09. The second-order valence-electron chi connectivity index (χ2n) is 4.77. The summed E-state index contributed by atoms with van der Waals surface area (Å²) in [7, 11) is 0. The standard InChI is InChI=1S/C10H14O2/c11-9-6-1-5-2-7(4-6)10(12)8(9)3-5/h5-9,11H,1-4H2/t5-,6-,7?,8+,9+/m0/s1. The van der Waals surface area contributed by atoms with E-state index >= 15 is 0 Å². The molecule has 0 heterocycles. The highest BCUT2D eigenvalue weighted by molar-refractivity contribution is 5.86. The van der Waals surface area contributed by atoms with Crippen LogP contribution in [0.15, 0.2) is 0 Å². The van der Waals surface area contributed by atoms with Gasteiger partial charge in [-0.15, -0.1) is 0 Å². The summed E-state index contributed by atoms with van der Waals surface area (Å²) >= 11 is 0. The van der Waals surface area contributed by atoms with Crippen LogP contribution < -0.4 is 0 Å². The fraction of sp³-hybridized carbons (Fsp3) is 0.900. The van der Waals surface area contributed by atoms with Gasteiger partial charge in [-0.1, -0.05) is 0 Å². The zero-order valence-corrected chi connectivity index (χ0v) is 7.07. The molecule has 66 valence electrons. The van der Waals surface area contributed by atoms with Gasteiger partial charge in [0.15, 0.2) is 0 Å². The van der Waals surface area contributed by atoms with Gasteiger partial charge in [0.1, 0.15) is 5.78 Å². The van der Waals surface area contributed by atoms with Crippen molar-refractivity contribution in [2.75, 3.05) is 0 Å². The molecule has 2 heteroatoms. The first-order valence-electron chi connectivity index (χ1n) is 4.97. The summed E-state index contributed by atoms with van der Waals surface area (Å²) in [4.78, 5) is 11.6. The highest BCUT2D eigenvalue weighted by Crippen LogP contribution is 2.51. The van der Waals surface area contributed by atoms with E-state index in [1.54, 1.807) is 0 Å². The molecule has 5 atom stereocenters. The van der Waals surface area contributed by atoms with E-state index in [4.69, 9.17) is 0 Å². The normalized spacial score (nSPS) is 56.4. The minimum Gasteiger partial charge on any atom is -0.392 e. The SMILES string of the molecule is O=C1C2C[C@@H]3C[C@@H](C2)[C@@H](O)[C@H]1C3. The lowest BCUT2D eigenvalue weighted by Crippen LogP contribution is -2.53. The van der Waals surface area contributed by atoms with Crippen LogP contribution in [0.4, 0.5) is 0 Å². The smallest absolute Gasteiger partial charge is 0.141 e. The largest absolute Gasteiger partial charge is 0.392 e. The van der Waals surface area contributed by atoms with Gasteiger partial charge in [0.2, 0.25) is 0 Å². The Bertz CT molecular complexity index is 236. The Balaban J connectivity index is 1.98. The maximum absolute atomic E-state index is 11.6. The minimum absolute atomic E-state index is 0.0289. The van der Waals surface area contributed by atoms with E-state index in [1.807, 2.05) is 0 Å². The first kappa shape index (κ1) is 7.07. The molecule has 0 aliphatic heterocycles. The third-order valence-corrected chi connectivity index (χ3v) is 4.09. The maximum atomic E-state index is 11.6. The van der Waals surface area contributed by atoms with Crippen LogP contribution in [0, 0.1) is 23.7 Å². The average molecular weight is 166 g/mol. The lowest BCUT2D eigenvalue weighted by molar-refractivity contribution is -0.154. The average Bonchev–Trinajstić information content (AvgIpc) is 2.07. The van der Waals surface area contributed by atoms with Crippen molar-refractivity contribution in [3.63, 3.8) is 0 Å². The predicted octanol–water partition coefficient (Wildman–Crippen LogP) is 0.982. The first-order chi connectivity index (χ1) is 5.75. The molecule has 4 fully saturated rings. The van der Waals surface area contributed by atoms with Crippen LogP contribution in [0.1, 0.15) is 25.7 Å². The molecule has 1 N–H and O–H groups in total. The number of carbonyl (C=O) groups is 1. The molecule has 0 amide bonds. The van der Waals surface area contributed by atoms with Gasteiger partial charge in [-0.2, -0.15) is 0 Å². The Labute approximate surface area is 72.0 Å². The Kier molecular flexibility index (Phi) is 1.24. The number of hydrogen-bond donors (Lipinski definition) is 1. The van der Waals surface area contributed by atoms with Crippen molar-refractivity contribution >= 4 is 5.78 Å². The number of hydrogen-bond acceptors (Lipinski definition) is 2. The summed E-state index contributed by atoms with van der Waals surface area (Å²) < 4.78 is 0. The van der Waals surface area contributed by atoms with Gasteiger partial charge in [-0.05, 0) is 37.5 Å². The van der Waals surface area contributed by atoms with Crippen LogP contribution in [-0.4, -0.2) is 17.0 Å². The summed E-state index contributed by atoms with van der Waals surface area (Å²) in [5.74, 6) is 1.96. The fourth-order valence-electron chi connectivity index (χ4n) is 3.60. The summed E-state index contributed by atoms with van der Waals surface area (Å²) in [6, 6.07) is 0. The second-order valence-corrected chi connectivity index (χ2v) is 4.77. The van der Waals surface area contributed by atoms with Crippen molar-refractivity contribution in [1.82, 2.24) is 0 Å². The topological polar surface area (TPSA) is 37.3 Å². The number of aliphatic hydroxyl groups is 1.